The Labute approximate surface area is 202 Å². The fraction of sp³-hybridized carbons (Fsp3) is 0.360. The second-order valence-electron chi connectivity index (χ2n) is 8.92. The molecule has 1 saturated heterocycles. The van der Waals surface area contributed by atoms with Crippen molar-refractivity contribution in [1.29, 1.82) is 0 Å². The topological polar surface area (TPSA) is 76.3 Å². The van der Waals surface area contributed by atoms with Gasteiger partial charge in [0, 0.05) is 37.0 Å². The van der Waals surface area contributed by atoms with E-state index in [1.165, 1.54) is 17.4 Å². The number of likely N-dealkylation sites (tertiary alicyclic amines) is 1. The third-order valence-corrected chi connectivity index (χ3v) is 6.63. The van der Waals surface area contributed by atoms with Gasteiger partial charge in [-0.25, -0.2) is 9.78 Å². The molecule has 34 heavy (non-hydrogen) atoms. The van der Waals surface area contributed by atoms with Crippen LogP contribution in [0.4, 0.5) is 5.69 Å². The zero-order chi connectivity index (χ0) is 23.8. The molecule has 1 fully saturated rings. The summed E-state index contributed by atoms with van der Waals surface area (Å²) in [6, 6.07) is 13.1. The molecule has 0 radical (unpaired) electrons. The van der Waals surface area contributed by atoms with Gasteiger partial charge >= 0.3 is 5.69 Å². The summed E-state index contributed by atoms with van der Waals surface area (Å²) in [4.78, 5) is 39.7. The van der Waals surface area contributed by atoms with Crippen LogP contribution < -0.4 is 16.1 Å². The quantitative estimate of drug-likeness (QED) is 0.396. The van der Waals surface area contributed by atoms with Crippen LogP contribution in [0.15, 0.2) is 52.1 Å². The van der Waals surface area contributed by atoms with Gasteiger partial charge in [0.25, 0.3) is 5.56 Å². The summed E-state index contributed by atoms with van der Waals surface area (Å²) >= 11 is 6.30. The fourth-order valence-electron chi connectivity index (χ4n) is 4.59. The number of anilines is 1. The predicted octanol–water partition coefficient (Wildman–Crippen LogP) is 3.25. The first-order chi connectivity index (χ1) is 16.4. The highest BCUT2D eigenvalue weighted by Crippen LogP contribution is 2.28. The van der Waals surface area contributed by atoms with Gasteiger partial charge < -0.3 is 9.80 Å². The predicted molar refractivity (Wildman–Crippen MR) is 136 cm³/mol. The maximum Gasteiger partial charge on any atom is 0.352 e. The van der Waals surface area contributed by atoms with Crippen molar-refractivity contribution in [2.45, 2.75) is 25.8 Å². The summed E-state index contributed by atoms with van der Waals surface area (Å²) < 4.78 is 3.01. The largest absolute Gasteiger partial charge is 0.378 e. The monoisotopic (exact) mass is 478 g/mol. The molecule has 2 aromatic carbocycles. The summed E-state index contributed by atoms with van der Waals surface area (Å²) in [5.74, 6) is 0.234. The lowest BCUT2D eigenvalue weighted by Gasteiger charge is -2.19. The van der Waals surface area contributed by atoms with Crippen molar-refractivity contribution in [3.8, 4) is 17.2 Å². The Kier molecular flexibility index (Phi) is 6.10. The molecule has 8 nitrogen and oxygen atoms in total. The number of nitrogens with zero attached hydrogens (tertiary/aromatic N) is 6. The van der Waals surface area contributed by atoms with Gasteiger partial charge in [-0.1, -0.05) is 11.6 Å². The molecule has 3 aliphatic heterocycles. The zero-order valence-corrected chi connectivity index (χ0v) is 20.1. The molecule has 0 spiro atoms. The van der Waals surface area contributed by atoms with Gasteiger partial charge in [0.15, 0.2) is 11.5 Å². The molecule has 176 valence electrons. The van der Waals surface area contributed by atoms with Gasteiger partial charge in [-0.3, -0.25) is 13.9 Å². The van der Waals surface area contributed by atoms with Crippen molar-refractivity contribution in [2.24, 2.45) is 0 Å². The van der Waals surface area contributed by atoms with Crippen LogP contribution in [-0.2, 0) is 6.54 Å². The molecule has 3 aliphatic rings. The zero-order valence-electron chi connectivity index (χ0n) is 19.4. The summed E-state index contributed by atoms with van der Waals surface area (Å²) in [6.45, 7) is 3.36. The lowest BCUT2D eigenvalue weighted by Crippen LogP contribution is -2.39. The first kappa shape index (κ1) is 22.6. The smallest absolute Gasteiger partial charge is 0.352 e. The van der Waals surface area contributed by atoms with Crippen molar-refractivity contribution in [3.05, 3.63) is 68.3 Å². The first-order valence-corrected chi connectivity index (χ1v) is 11.9. The van der Waals surface area contributed by atoms with Crippen LogP contribution >= 0.6 is 11.6 Å². The van der Waals surface area contributed by atoms with Crippen LogP contribution in [0.1, 0.15) is 19.3 Å². The van der Waals surface area contributed by atoms with E-state index >= 15 is 0 Å². The molecule has 3 heterocycles. The standard InChI is InChI=1S/C25H27ClN6O2/c1-29(2)18-7-9-19(10-8-18)32-21-16-17(26)6-11-20(21)27-22-23(32)28-25(34)31(24(22)33)15-5-14-30-12-3-4-13-30/h6-11,16H,3-5,12-15H2,1-2H3. The molecule has 0 bridgehead atoms. The van der Waals surface area contributed by atoms with Gasteiger partial charge in [-0.15, -0.1) is 0 Å². The van der Waals surface area contributed by atoms with Crippen LogP contribution in [0.5, 0.6) is 0 Å². The van der Waals surface area contributed by atoms with Crippen molar-refractivity contribution in [2.75, 3.05) is 38.6 Å². The number of aromatic nitrogens is 4. The van der Waals surface area contributed by atoms with E-state index in [0.717, 1.165) is 37.4 Å². The highest BCUT2D eigenvalue weighted by atomic mass is 35.5. The van der Waals surface area contributed by atoms with Crippen LogP contribution in [0, 0.1) is 0 Å². The second kappa shape index (κ2) is 9.19. The molecule has 9 heteroatoms. The van der Waals surface area contributed by atoms with Crippen LogP contribution in [0.25, 0.3) is 28.2 Å². The van der Waals surface area contributed by atoms with E-state index < -0.39 is 11.2 Å². The molecule has 0 unspecified atom stereocenters. The number of fused-ring (bicyclic) bond motifs is 2. The molecular weight excluding hydrogens is 452 g/mol. The minimum Gasteiger partial charge on any atom is -0.378 e. The summed E-state index contributed by atoms with van der Waals surface area (Å²) in [6.07, 6.45) is 3.14. The second-order valence-corrected chi connectivity index (χ2v) is 9.35. The number of hydrogen-bond donors (Lipinski definition) is 0. The summed E-state index contributed by atoms with van der Waals surface area (Å²) in [5, 5.41) is 0.532. The Morgan fingerprint density at radius 2 is 1.71 bits per heavy atom. The summed E-state index contributed by atoms with van der Waals surface area (Å²) in [7, 11) is 3.94. The average Bonchev–Trinajstić information content (AvgIpc) is 3.34. The molecule has 0 atom stereocenters. The lowest BCUT2D eigenvalue weighted by molar-refractivity contribution is 0.323. The maximum atomic E-state index is 13.4. The Hall–Kier alpha value is -3.23. The SMILES string of the molecule is CN(C)c1ccc(-n2c3nc(=O)n(CCCN4CCCC4)c(=O)c-3nc3ccc(Cl)cc32)cc1. The number of benzene rings is 2. The van der Waals surface area contributed by atoms with Crippen LogP contribution in [0.3, 0.4) is 0 Å². The van der Waals surface area contributed by atoms with Crippen molar-refractivity contribution >= 4 is 28.3 Å². The molecule has 0 aromatic heterocycles. The van der Waals surface area contributed by atoms with Gasteiger partial charge in [0.2, 0.25) is 0 Å². The summed E-state index contributed by atoms with van der Waals surface area (Å²) in [5.41, 5.74) is 2.29. The molecule has 2 aromatic rings. The third kappa shape index (κ3) is 4.19. The van der Waals surface area contributed by atoms with Gasteiger partial charge in [-0.2, -0.15) is 4.98 Å². The van der Waals surface area contributed by atoms with Crippen LogP contribution in [0.2, 0.25) is 5.02 Å². The minimum atomic E-state index is -0.555. The van der Waals surface area contributed by atoms with E-state index in [9.17, 15) is 9.59 Å². The van der Waals surface area contributed by atoms with Crippen molar-refractivity contribution in [3.63, 3.8) is 0 Å². The number of hydrogen-bond acceptors (Lipinski definition) is 6. The van der Waals surface area contributed by atoms with E-state index in [0.29, 0.717) is 22.6 Å². The highest BCUT2D eigenvalue weighted by molar-refractivity contribution is 6.31. The van der Waals surface area contributed by atoms with E-state index in [2.05, 4.69) is 14.9 Å². The van der Waals surface area contributed by atoms with E-state index in [1.807, 2.05) is 43.3 Å². The number of rotatable bonds is 6. The first-order valence-electron chi connectivity index (χ1n) is 11.6. The van der Waals surface area contributed by atoms with E-state index in [4.69, 9.17) is 11.6 Å². The van der Waals surface area contributed by atoms with Gasteiger partial charge in [0.05, 0.1) is 11.0 Å². The molecule has 0 amide bonds. The maximum absolute atomic E-state index is 13.4. The minimum absolute atomic E-state index is 0.173. The highest BCUT2D eigenvalue weighted by Gasteiger charge is 2.23. The Morgan fingerprint density at radius 1 is 0.971 bits per heavy atom. The van der Waals surface area contributed by atoms with Crippen molar-refractivity contribution in [1.82, 2.24) is 24.0 Å². The lowest BCUT2D eigenvalue weighted by atomic mass is 10.2. The average molecular weight is 479 g/mol. The Bertz CT molecular complexity index is 1420. The molecule has 5 rings (SSSR count). The number of halogens is 1. The normalized spacial score (nSPS) is 14.3. The molecular formula is C25H27ClN6O2. The molecule has 0 aliphatic carbocycles. The molecule has 0 saturated carbocycles. The third-order valence-electron chi connectivity index (χ3n) is 6.39. The van der Waals surface area contributed by atoms with E-state index in [1.54, 1.807) is 22.8 Å². The van der Waals surface area contributed by atoms with Crippen molar-refractivity contribution < 1.29 is 0 Å². The van der Waals surface area contributed by atoms with E-state index in [-0.39, 0.29) is 11.5 Å². The van der Waals surface area contributed by atoms with Crippen LogP contribution in [-0.4, -0.2) is 57.7 Å². The fourth-order valence-corrected chi connectivity index (χ4v) is 4.76. The molecule has 0 N–H and O–H groups in total. The Balaban J connectivity index is 1.65. The van der Waals surface area contributed by atoms with Gasteiger partial charge in [0.1, 0.15) is 0 Å². The Morgan fingerprint density at radius 3 is 2.41 bits per heavy atom. The van der Waals surface area contributed by atoms with Gasteiger partial charge in [-0.05, 0) is 81.4 Å².